The Hall–Kier alpha value is -0.213. The van der Waals surface area contributed by atoms with Gasteiger partial charge in [-0.25, -0.2) is 4.39 Å². The van der Waals surface area contributed by atoms with E-state index in [0.29, 0.717) is 0 Å². The molecule has 1 rings (SSSR count). The van der Waals surface area contributed by atoms with Crippen LogP contribution in [0, 0.1) is 5.82 Å². The van der Waals surface area contributed by atoms with Crippen LogP contribution < -0.4 is 18.9 Å². The summed E-state index contributed by atoms with van der Waals surface area (Å²) in [6, 6.07) is 1.10. The van der Waals surface area contributed by atoms with E-state index in [0.717, 1.165) is 12.3 Å². The van der Waals surface area contributed by atoms with E-state index in [1.54, 1.807) is 0 Å². The molecular formula is C5H3FLiNO2S. The van der Waals surface area contributed by atoms with Crippen molar-refractivity contribution in [1.82, 2.24) is 4.98 Å². The summed E-state index contributed by atoms with van der Waals surface area (Å²) < 4.78 is 32.7. The number of rotatable bonds is 1. The molecule has 0 amide bonds. The Kier molecular flexibility index (Phi) is 4.53. The second-order valence-corrected chi connectivity index (χ2v) is 2.45. The van der Waals surface area contributed by atoms with Crippen LogP contribution in [0.15, 0.2) is 23.4 Å². The molecule has 3 nitrogen and oxygen atoms in total. The van der Waals surface area contributed by atoms with Gasteiger partial charge in [0, 0.05) is 6.20 Å². The number of nitrogens with zero attached hydrogens (tertiary/aromatic N) is 1. The molecule has 54 valence electrons. The van der Waals surface area contributed by atoms with Gasteiger partial charge in [-0.3, -0.25) is 9.19 Å². The molecule has 0 aromatic carbocycles. The van der Waals surface area contributed by atoms with E-state index in [2.05, 4.69) is 4.98 Å². The van der Waals surface area contributed by atoms with E-state index in [9.17, 15) is 13.2 Å². The van der Waals surface area contributed by atoms with Gasteiger partial charge < -0.3 is 4.55 Å². The van der Waals surface area contributed by atoms with E-state index in [4.69, 9.17) is 0 Å². The smallest absolute Gasteiger partial charge is 0.768 e. The van der Waals surface area contributed by atoms with Gasteiger partial charge in [-0.1, -0.05) is 0 Å². The first-order chi connectivity index (χ1) is 4.72. The molecule has 0 aliphatic rings. The van der Waals surface area contributed by atoms with Gasteiger partial charge in [-0.05, 0) is 17.1 Å². The third-order valence-corrected chi connectivity index (χ3v) is 1.61. The summed E-state index contributed by atoms with van der Waals surface area (Å²) in [5.74, 6) is -0.823. The zero-order valence-corrected chi connectivity index (χ0v) is 6.60. The number of hydrogen-bond acceptors (Lipinski definition) is 3. The van der Waals surface area contributed by atoms with Crippen LogP contribution in [0.1, 0.15) is 0 Å². The standard InChI is InChI=1S/C5H4FNO2S.Li/c6-4-3-7-2-1-5(4)10(8)9;/h1-3H,(H,8,9);/q;+1/p-1. The summed E-state index contributed by atoms with van der Waals surface area (Å²) in [6.07, 6.45) is 2.07. The number of pyridine rings is 1. The van der Waals surface area contributed by atoms with E-state index >= 15 is 0 Å². The second kappa shape index (κ2) is 4.62. The molecule has 0 saturated carbocycles. The fourth-order valence-corrected chi connectivity index (χ4v) is 0.881. The predicted molar refractivity (Wildman–Crippen MR) is 31.4 cm³/mol. The second-order valence-electron chi connectivity index (χ2n) is 1.54. The van der Waals surface area contributed by atoms with Crippen LogP contribution in [-0.2, 0) is 11.1 Å². The maximum Gasteiger partial charge on any atom is 1.00 e. The summed E-state index contributed by atoms with van der Waals surface area (Å²) in [5.41, 5.74) is 0. The third-order valence-electron chi connectivity index (χ3n) is 0.915. The van der Waals surface area contributed by atoms with Crippen molar-refractivity contribution in [2.24, 2.45) is 0 Å². The van der Waals surface area contributed by atoms with Crippen LogP contribution in [0.2, 0.25) is 0 Å². The molecule has 0 aliphatic carbocycles. The Bertz CT molecular complexity index is 270. The Morgan fingerprint density at radius 2 is 2.27 bits per heavy atom. The van der Waals surface area contributed by atoms with E-state index in [1.807, 2.05) is 0 Å². The van der Waals surface area contributed by atoms with Crippen molar-refractivity contribution in [3.05, 3.63) is 24.3 Å². The Labute approximate surface area is 77.5 Å². The maximum atomic E-state index is 12.4. The molecule has 0 N–H and O–H groups in total. The number of hydrogen-bond donors (Lipinski definition) is 0. The molecule has 0 radical (unpaired) electrons. The van der Waals surface area contributed by atoms with Gasteiger partial charge >= 0.3 is 18.9 Å². The molecule has 1 aromatic rings. The molecule has 6 heteroatoms. The molecular weight excluding hydrogens is 164 g/mol. The van der Waals surface area contributed by atoms with Gasteiger partial charge in [0.2, 0.25) is 0 Å². The predicted octanol–water partition coefficient (Wildman–Crippen LogP) is -2.54. The van der Waals surface area contributed by atoms with Crippen molar-refractivity contribution in [3.8, 4) is 0 Å². The molecule has 0 spiro atoms. The van der Waals surface area contributed by atoms with Crippen LogP contribution in [0.25, 0.3) is 0 Å². The summed E-state index contributed by atoms with van der Waals surface area (Å²) in [4.78, 5) is 3.03. The molecule has 1 aromatic heterocycles. The summed E-state index contributed by atoms with van der Waals surface area (Å²) in [6.45, 7) is 0. The van der Waals surface area contributed by atoms with Crippen molar-refractivity contribution in [1.29, 1.82) is 0 Å². The van der Waals surface area contributed by atoms with Crippen LogP contribution in [0.3, 0.4) is 0 Å². The van der Waals surface area contributed by atoms with E-state index in [1.165, 1.54) is 6.20 Å². The van der Waals surface area contributed by atoms with Gasteiger partial charge in [0.05, 0.1) is 11.1 Å². The van der Waals surface area contributed by atoms with Crippen molar-refractivity contribution in [3.63, 3.8) is 0 Å². The minimum atomic E-state index is -2.51. The zero-order chi connectivity index (χ0) is 7.56. The largest absolute Gasteiger partial charge is 1.00 e. The summed E-state index contributed by atoms with van der Waals surface area (Å²) in [7, 11) is 0. The van der Waals surface area contributed by atoms with Crippen molar-refractivity contribution in [2.45, 2.75) is 4.90 Å². The molecule has 1 atom stereocenters. The van der Waals surface area contributed by atoms with Gasteiger partial charge in [-0.2, -0.15) is 0 Å². The van der Waals surface area contributed by atoms with Crippen molar-refractivity contribution >= 4 is 11.1 Å². The molecule has 1 unspecified atom stereocenters. The Balaban J connectivity index is 0.000001000. The summed E-state index contributed by atoms with van der Waals surface area (Å²) >= 11 is -2.51. The van der Waals surface area contributed by atoms with E-state index < -0.39 is 16.9 Å². The van der Waals surface area contributed by atoms with Crippen molar-refractivity contribution < 1.29 is 32.0 Å². The first-order valence-electron chi connectivity index (χ1n) is 2.40. The first-order valence-corrected chi connectivity index (χ1v) is 3.48. The summed E-state index contributed by atoms with van der Waals surface area (Å²) in [5, 5.41) is 0. The van der Waals surface area contributed by atoms with Crippen molar-refractivity contribution in [2.75, 3.05) is 0 Å². The topological polar surface area (TPSA) is 53.0 Å². The minimum Gasteiger partial charge on any atom is -0.768 e. The first kappa shape index (κ1) is 10.8. The molecule has 0 bridgehead atoms. The quantitative estimate of drug-likeness (QED) is 0.342. The van der Waals surface area contributed by atoms with Gasteiger partial charge in [0.1, 0.15) is 0 Å². The zero-order valence-electron chi connectivity index (χ0n) is 5.78. The van der Waals surface area contributed by atoms with Gasteiger partial charge in [0.25, 0.3) is 0 Å². The van der Waals surface area contributed by atoms with E-state index in [-0.39, 0.29) is 23.8 Å². The average molecular weight is 167 g/mol. The van der Waals surface area contributed by atoms with Gasteiger partial charge in [-0.15, -0.1) is 0 Å². The normalized spacial score (nSPS) is 11.8. The van der Waals surface area contributed by atoms with Gasteiger partial charge in [0.15, 0.2) is 5.82 Å². The Morgan fingerprint density at radius 1 is 1.64 bits per heavy atom. The third kappa shape index (κ3) is 2.71. The number of halogens is 1. The van der Waals surface area contributed by atoms with Crippen LogP contribution in [0.5, 0.6) is 0 Å². The molecule has 0 fully saturated rings. The molecule has 11 heavy (non-hydrogen) atoms. The minimum absolute atomic E-state index is 0. The van der Waals surface area contributed by atoms with Crippen LogP contribution in [-0.4, -0.2) is 13.7 Å². The number of aromatic nitrogens is 1. The SMILES string of the molecule is O=S([O-])c1ccncc1F.[Li+]. The monoisotopic (exact) mass is 167 g/mol. The molecule has 0 aliphatic heterocycles. The van der Waals surface area contributed by atoms with Crippen LogP contribution >= 0.6 is 0 Å². The molecule has 1 heterocycles. The fourth-order valence-electron chi connectivity index (χ4n) is 0.498. The average Bonchev–Trinajstić information content (AvgIpc) is 1.88. The fraction of sp³-hybridized carbons (Fsp3) is 0. The maximum absolute atomic E-state index is 12.4. The van der Waals surface area contributed by atoms with Crippen LogP contribution in [0.4, 0.5) is 4.39 Å². The molecule has 0 saturated heterocycles. The Morgan fingerprint density at radius 3 is 2.64 bits per heavy atom.